The Morgan fingerprint density at radius 1 is 1.37 bits per heavy atom. The lowest BCUT2D eigenvalue weighted by atomic mass is 9.55. The van der Waals surface area contributed by atoms with Crippen LogP contribution in [0.3, 0.4) is 0 Å². The van der Waals surface area contributed by atoms with Gasteiger partial charge in [0.15, 0.2) is 0 Å². The number of phenols is 1. The van der Waals surface area contributed by atoms with E-state index >= 15 is 0 Å². The lowest BCUT2D eigenvalue weighted by Crippen LogP contribution is -2.45. The van der Waals surface area contributed by atoms with Crippen molar-refractivity contribution in [3.05, 3.63) is 29.3 Å². The zero-order chi connectivity index (χ0) is 19.3. The summed E-state index contributed by atoms with van der Waals surface area (Å²) in [5, 5.41) is 43.6. The normalized spacial score (nSPS) is 38.8. The summed E-state index contributed by atoms with van der Waals surface area (Å²) in [6.07, 6.45) is 1.40. The number of carbonyl (C=O) groups is 1. The monoisotopic (exact) mass is 375 g/mol. The Labute approximate surface area is 157 Å². The summed E-state index contributed by atoms with van der Waals surface area (Å²) < 4.78 is 0. The highest BCUT2D eigenvalue weighted by Crippen LogP contribution is 2.61. The largest absolute Gasteiger partial charge is 0.508 e. The Hall–Kier alpha value is -2.12. The number of benzene rings is 1. The molecular weight excluding hydrogens is 350 g/mol. The molecule has 0 bridgehead atoms. The second kappa shape index (κ2) is 6.49. The van der Waals surface area contributed by atoms with E-state index in [1.807, 2.05) is 6.07 Å². The van der Waals surface area contributed by atoms with Crippen molar-refractivity contribution >= 4 is 11.7 Å². The third kappa shape index (κ3) is 2.89. The molecule has 0 heterocycles. The smallest absolute Gasteiger partial charge is 0.344 e. The van der Waals surface area contributed by atoms with Crippen molar-refractivity contribution in [2.45, 2.75) is 50.7 Å². The Kier molecular flexibility index (Phi) is 4.39. The van der Waals surface area contributed by atoms with E-state index in [2.05, 4.69) is 12.1 Å². The molecule has 0 unspecified atom stereocenters. The van der Waals surface area contributed by atoms with Crippen molar-refractivity contribution in [3.8, 4) is 5.75 Å². The molecule has 1 aromatic rings. The summed E-state index contributed by atoms with van der Waals surface area (Å²) in [5.74, 6) is -0.385. The number of aliphatic carboxylic acids is 1. The predicted octanol–water partition coefficient (Wildman–Crippen LogP) is 1.84. The lowest BCUT2D eigenvalue weighted by Gasteiger charge is -2.49. The van der Waals surface area contributed by atoms with Crippen LogP contribution >= 0.6 is 0 Å². The molecule has 6 atom stereocenters. The summed E-state index contributed by atoms with van der Waals surface area (Å²) in [6.45, 7) is 1.53. The fourth-order valence-electron chi connectivity index (χ4n) is 5.65. The quantitative estimate of drug-likeness (QED) is 0.599. The van der Waals surface area contributed by atoms with Crippen molar-refractivity contribution in [3.63, 3.8) is 0 Å². The molecule has 7 heteroatoms. The van der Waals surface area contributed by atoms with Gasteiger partial charge >= 0.3 is 5.97 Å². The third-order valence-corrected chi connectivity index (χ3v) is 6.95. The predicted molar refractivity (Wildman–Crippen MR) is 96.5 cm³/mol. The van der Waals surface area contributed by atoms with Crippen molar-refractivity contribution in [1.29, 1.82) is 0 Å². The van der Waals surface area contributed by atoms with Gasteiger partial charge in [0, 0.05) is 5.56 Å². The van der Waals surface area contributed by atoms with E-state index in [0.29, 0.717) is 18.6 Å². The number of carboxylic acids is 1. The van der Waals surface area contributed by atoms with Crippen LogP contribution in [0.2, 0.25) is 0 Å². The number of aliphatic hydroxyl groups is 2. The second-order valence-corrected chi connectivity index (χ2v) is 8.35. The van der Waals surface area contributed by atoms with Crippen LogP contribution in [0.25, 0.3) is 0 Å². The minimum absolute atomic E-state index is 0.130. The Morgan fingerprint density at radius 2 is 2.15 bits per heavy atom. The van der Waals surface area contributed by atoms with Crippen LogP contribution < -0.4 is 0 Å². The van der Waals surface area contributed by atoms with E-state index in [9.17, 15) is 20.1 Å². The first-order valence-electron chi connectivity index (χ1n) is 9.41. The molecule has 0 radical (unpaired) electrons. The molecule has 0 aromatic heterocycles. The number of oxime groups is 1. The van der Waals surface area contributed by atoms with Crippen LogP contribution in [0, 0.1) is 17.3 Å². The molecule has 0 saturated heterocycles. The minimum Gasteiger partial charge on any atom is -0.508 e. The van der Waals surface area contributed by atoms with Crippen LogP contribution in [0.15, 0.2) is 23.4 Å². The van der Waals surface area contributed by atoms with Gasteiger partial charge in [0.05, 0.1) is 17.9 Å². The number of carboxylic acid groups (broad SMARTS) is 1. The van der Waals surface area contributed by atoms with Gasteiger partial charge in [0.2, 0.25) is 6.61 Å². The van der Waals surface area contributed by atoms with Crippen LogP contribution in [-0.4, -0.2) is 50.9 Å². The van der Waals surface area contributed by atoms with Crippen molar-refractivity contribution in [2.75, 3.05) is 6.61 Å². The fourth-order valence-corrected chi connectivity index (χ4v) is 5.65. The van der Waals surface area contributed by atoms with E-state index < -0.39 is 24.8 Å². The number of aliphatic hydroxyl groups excluding tert-OH is 2. The van der Waals surface area contributed by atoms with Gasteiger partial charge in [-0.1, -0.05) is 18.1 Å². The van der Waals surface area contributed by atoms with Gasteiger partial charge < -0.3 is 25.3 Å². The average Bonchev–Trinajstić information content (AvgIpc) is 2.85. The van der Waals surface area contributed by atoms with Gasteiger partial charge in [-0.25, -0.2) is 4.79 Å². The first kappa shape index (κ1) is 18.3. The first-order chi connectivity index (χ1) is 12.8. The van der Waals surface area contributed by atoms with Crippen LogP contribution in [0.1, 0.15) is 49.7 Å². The maximum atomic E-state index is 10.7. The van der Waals surface area contributed by atoms with E-state index in [1.165, 1.54) is 0 Å². The Morgan fingerprint density at radius 3 is 2.89 bits per heavy atom. The van der Waals surface area contributed by atoms with Crippen molar-refractivity contribution in [2.24, 2.45) is 22.4 Å². The second-order valence-electron chi connectivity index (χ2n) is 8.35. The summed E-state index contributed by atoms with van der Waals surface area (Å²) in [6, 6.07) is 5.21. The molecule has 1 aromatic carbocycles. The number of rotatable bonds is 3. The molecule has 2 fully saturated rings. The highest BCUT2D eigenvalue weighted by atomic mass is 16.6. The Balaban J connectivity index is 1.73. The summed E-state index contributed by atoms with van der Waals surface area (Å²) >= 11 is 0. The third-order valence-electron chi connectivity index (χ3n) is 6.95. The minimum atomic E-state index is -1.10. The molecule has 4 rings (SSSR count). The van der Waals surface area contributed by atoms with Crippen molar-refractivity contribution < 1.29 is 30.1 Å². The van der Waals surface area contributed by atoms with E-state index in [4.69, 9.17) is 9.94 Å². The molecule has 7 nitrogen and oxygen atoms in total. The number of hydrogen-bond donors (Lipinski definition) is 4. The first-order valence-corrected chi connectivity index (χ1v) is 9.41. The molecule has 0 spiro atoms. The highest BCUT2D eigenvalue weighted by molar-refractivity contribution is 6.03. The average molecular weight is 375 g/mol. The van der Waals surface area contributed by atoms with Crippen LogP contribution in [0.4, 0.5) is 0 Å². The zero-order valence-corrected chi connectivity index (χ0v) is 15.2. The molecule has 27 heavy (non-hydrogen) atoms. The molecule has 146 valence electrons. The highest BCUT2D eigenvalue weighted by Gasteiger charge is 2.58. The molecule has 4 N–H and O–H groups in total. The fraction of sp³-hybridized carbons (Fsp3) is 0.600. The maximum absolute atomic E-state index is 10.7. The molecular formula is C20H25NO6. The number of aromatic hydroxyl groups is 1. The van der Waals surface area contributed by atoms with Crippen molar-refractivity contribution in [1.82, 2.24) is 0 Å². The lowest BCUT2D eigenvalue weighted by molar-refractivity contribution is -0.142. The SMILES string of the molecule is C[C@]12CC[C@@H]3c4ccc(O)cc4/C(=N/OCC(=O)O)C[C@H]3[C@@H]1C[C@@H](O)[C@@H]2O. The molecule has 0 amide bonds. The molecule has 2 saturated carbocycles. The number of hydrogen-bond acceptors (Lipinski definition) is 6. The molecule has 3 aliphatic carbocycles. The van der Waals surface area contributed by atoms with E-state index in [0.717, 1.165) is 24.0 Å². The van der Waals surface area contributed by atoms with Gasteiger partial charge in [0.1, 0.15) is 5.75 Å². The number of nitrogens with zero attached hydrogens (tertiary/aromatic N) is 1. The number of fused-ring (bicyclic) bond motifs is 5. The molecule has 3 aliphatic rings. The van der Waals surface area contributed by atoms with Gasteiger partial charge in [-0.05, 0) is 66.5 Å². The zero-order valence-electron chi connectivity index (χ0n) is 15.2. The maximum Gasteiger partial charge on any atom is 0.344 e. The van der Waals surface area contributed by atoms with Crippen LogP contribution in [-0.2, 0) is 9.63 Å². The molecule has 0 aliphatic heterocycles. The summed E-state index contributed by atoms with van der Waals surface area (Å²) in [4.78, 5) is 15.7. The Bertz CT molecular complexity index is 793. The van der Waals surface area contributed by atoms with Crippen LogP contribution in [0.5, 0.6) is 5.75 Å². The van der Waals surface area contributed by atoms with E-state index in [1.54, 1.807) is 12.1 Å². The topological polar surface area (TPSA) is 120 Å². The van der Waals surface area contributed by atoms with E-state index in [-0.39, 0.29) is 28.9 Å². The van der Waals surface area contributed by atoms with Gasteiger partial charge in [-0.3, -0.25) is 0 Å². The van der Waals surface area contributed by atoms with Gasteiger partial charge in [-0.15, -0.1) is 0 Å². The standard InChI is InChI=1S/C20H25NO6/c1-20-5-4-12-11-3-2-10(22)6-14(11)16(21-27-9-18(24)25)7-13(12)15(20)8-17(23)19(20)26/h2-3,6,12-13,15,17,19,22-23,26H,4-5,7-9H2,1H3,(H,24,25)/b21-16+/t12-,13-,15+,17-,19+,20+/m1/s1. The van der Waals surface area contributed by atoms with Gasteiger partial charge in [0.25, 0.3) is 0 Å². The number of phenolic OH excluding ortho intramolecular Hbond substituents is 1. The van der Waals surface area contributed by atoms with Gasteiger partial charge in [-0.2, -0.15) is 0 Å². The summed E-state index contributed by atoms with van der Waals surface area (Å²) in [5.41, 5.74) is 2.15. The summed E-state index contributed by atoms with van der Waals surface area (Å²) in [7, 11) is 0.